The van der Waals surface area contributed by atoms with Crippen molar-refractivity contribution in [2.75, 3.05) is 13.2 Å². The summed E-state index contributed by atoms with van der Waals surface area (Å²) in [6, 6.07) is 0. The molecule has 73 heavy (non-hydrogen) atoms. The van der Waals surface area contributed by atoms with Crippen molar-refractivity contribution in [2.24, 2.45) is 0 Å². The zero-order chi connectivity index (χ0) is 52.9. The first-order chi connectivity index (χ1) is 36.0. The Morgan fingerprint density at radius 2 is 0.534 bits per heavy atom. The van der Waals surface area contributed by atoms with Gasteiger partial charge in [0.1, 0.15) is 13.2 Å². The summed E-state index contributed by atoms with van der Waals surface area (Å²) in [5, 5.41) is 0. The second kappa shape index (κ2) is 60.4. The Kier molecular flexibility index (Phi) is 56.9. The van der Waals surface area contributed by atoms with E-state index in [4.69, 9.17) is 14.2 Å². The molecule has 0 amide bonds. The summed E-state index contributed by atoms with van der Waals surface area (Å²) in [4.78, 5) is 38.1. The van der Waals surface area contributed by atoms with E-state index < -0.39 is 6.10 Å². The van der Waals surface area contributed by atoms with Gasteiger partial charge in [0.2, 0.25) is 0 Å². The quantitative estimate of drug-likeness (QED) is 0.0261. The molecule has 6 nitrogen and oxygen atoms in total. The van der Waals surface area contributed by atoms with Crippen molar-refractivity contribution < 1.29 is 28.6 Å². The maximum absolute atomic E-state index is 12.8. The highest BCUT2D eigenvalue weighted by Gasteiger charge is 2.19. The number of ether oxygens (including phenoxy) is 3. The lowest BCUT2D eigenvalue weighted by molar-refractivity contribution is -0.167. The minimum atomic E-state index is -0.793. The van der Waals surface area contributed by atoms with E-state index in [2.05, 4.69) is 142 Å². The summed E-state index contributed by atoms with van der Waals surface area (Å²) in [6.45, 7) is 6.37. The molecule has 0 saturated heterocycles. The molecule has 0 aromatic carbocycles. The van der Waals surface area contributed by atoms with Gasteiger partial charge in [0, 0.05) is 19.3 Å². The normalized spacial score (nSPS) is 13.0. The van der Waals surface area contributed by atoms with Crippen LogP contribution < -0.4 is 0 Å². The van der Waals surface area contributed by atoms with Gasteiger partial charge in [-0.15, -0.1) is 0 Å². The third-order valence-electron chi connectivity index (χ3n) is 12.5. The second-order valence-corrected chi connectivity index (χ2v) is 19.5. The van der Waals surface area contributed by atoms with Crippen molar-refractivity contribution in [1.29, 1.82) is 0 Å². The number of hydrogen-bond donors (Lipinski definition) is 0. The summed E-state index contributed by atoms with van der Waals surface area (Å²) in [5.74, 6) is -0.921. The molecule has 0 radical (unpaired) electrons. The molecule has 0 saturated carbocycles. The summed E-state index contributed by atoms with van der Waals surface area (Å²) in [6.07, 6.45) is 83.5. The number of carbonyl (C=O) groups is 3. The van der Waals surface area contributed by atoms with Gasteiger partial charge in [0.05, 0.1) is 0 Å². The predicted molar refractivity (Wildman–Crippen MR) is 316 cm³/mol. The van der Waals surface area contributed by atoms with Crippen LogP contribution in [0.2, 0.25) is 0 Å². The van der Waals surface area contributed by atoms with Crippen molar-refractivity contribution in [1.82, 2.24) is 0 Å². The fourth-order valence-electron chi connectivity index (χ4n) is 8.03. The number of rotatable bonds is 53. The fourth-order valence-corrected chi connectivity index (χ4v) is 8.03. The largest absolute Gasteiger partial charge is 0.462 e. The molecule has 0 N–H and O–H groups in total. The number of hydrogen-bond acceptors (Lipinski definition) is 6. The molecule has 0 rings (SSSR count). The van der Waals surface area contributed by atoms with Crippen LogP contribution in [0.1, 0.15) is 265 Å². The Bertz CT molecular complexity index is 1540. The van der Waals surface area contributed by atoms with Gasteiger partial charge in [-0.3, -0.25) is 14.4 Å². The monoisotopic (exact) mass is 1010 g/mol. The lowest BCUT2D eigenvalue weighted by atomic mass is 10.1. The fraction of sp³-hybridized carbons (Fsp3) is 0.657. The van der Waals surface area contributed by atoms with E-state index in [-0.39, 0.29) is 31.1 Å². The van der Waals surface area contributed by atoms with Gasteiger partial charge in [-0.05, 0) is 109 Å². The molecule has 414 valence electrons. The first-order valence-electron chi connectivity index (χ1n) is 30.0. The highest BCUT2D eigenvalue weighted by atomic mass is 16.6. The standard InChI is InChI=1S/C67H110O6/c1-4-7-10-13-16-19-21-23-25-27-28-29-30-31-32-33-34-35-36-37-38-40-41-43-45-48-51-54-57-60-66(69)72-63-64(62-71-65(68)59-56-53-50-47-18-15-12-9-6-3)73-67(70)61-58-55-52-49-46-44-42-39-26-24-22-20-17-14-11-8-5-2/h7-8,10-11,16-17,19-20,23-26,28-29,31-32,34-35,42,44,64H,4-6,9,12-15,18,21-22,27,30,33,36-41,43,45-63H2,1-3H3/b10-7-,11-8-,19-16-,20-17-,25-23-,26-24-,29-28-,32-31-,35-34-,44-42-. The third kappa shape index (κ3) is 58.6. The van der Waals surface area contributed by atoms with Gasteiger partial charge in [0.25, 0.3) is 0 Å². The Hall–Kier alpha value is -4.19. The smallest absolute Gasteiger partial charge is 0.306 e. The van der Waals surface area contributed by atoms with E-state index in [9.17, 15) is 14.4 Å². The molecule has 1 unspecified atom stereocenters. The van der Waals surface area contributed by atoms with Crippen LogP contribution in [0.15, 0.2) is 122 Å². The first-order valence-corrected chi connectivity index (χ1v) is 30.0. The predicted octanol–water partition coefficient (Wildman–Crippen LogP) is 20.4. The molecule has 0 spiro atoms. The average Bonchev–Trinajstić information content (AvgIpc) is 3.39. The highest BCUT2D eigenvalue weighted by Crippen LogP contribution is 2.15. The van der Waals surface area contributed by atoms with Crippen LogP contribution in [0.25, 0.3) is 0 Å². The Morgan fingerprint density at radius 3 is 0.836 bits per heavy atom. The van der Waals surface area contributed by atoms with E-state index in [0.29, 0.717) is 19.3 Å². The van der Waals surface area contributed by atoms with Gasteiger partial charge in [0.15, 0.2) is 6.10 Å². The minimum absolute atomic E-state index is 0.0897. The van der Waals surface area contributed by atoms with E-state index >= 15 is 0 Å². The maximum atomic E-state index is 12.8. The van der Waals surface area contributed by atoms with Crippen molar-refractivity contribution in [3.8, 4) is 0 Å². The molecular formula is C67H110O6. The molecule has 0 fully saturated rings. The van der Waals surface area contributed by atoms with E-state index in [1.54, 1.807) is 0 Å². The molecule has 0 aliphatic rings. The zero-order valence-electron chi connectivity index (χ0n) is 47.4. The lowest BCUT2D eigenvalue weighted by Gasteiger charge is -2.18. The number of carbonyl (C=O) groups excluding carboxylic acids is 3. The summed E-state index contributed by atoms with van der Waals surface area (Å²) in [5.41, 5.74) is 0. The summed E-state index contributed by atoms with van der Waals surface area (Å²) < 4.78 is 16.8. The van der Waals surface area contributed by atoms with Crippen LogP contribution >= 0.6 is 0 Å². The molecule has 0 aliphatic carbocycles. The topological polar surface area (TPSA) is 78.9 Å². The first kappa shape index (κ1) is 68.8. The SMILES string of the molecule is CC/C=C\C/C=C\C/C=C\C/C=C\C/C=C\C/C=C\CCCCCCCCCCCCC(=O)OCC(COC(=O)CCCCCCCCCCC)OC(=O)CCCCCC/C=C\C/C=C\C/C=C\C/C=C\CC. The maximum Gasteiger partial charge on any atom is 0.306 e. The van der Waals surface area contributed by atoms with Crippen LogP contribution in [-0.2, 0) is 28.6 Å². The molecule has 1 atom stereocenters. The molecular weight excluding hydrogens is 901 g/mol. The third-order valence-corrected chi connectivity index (χ3v) is 12.5. The summed E-state index contributed by atoms with van der Waals surface area (Å²) >= 11 is 0. The Labute approximate surface area is 450 Å². The number of esters is 3. The van der Waals surface area contributed by atoms with Crippen molar-refractivity contribution in [3.05, 3.63) is 122 Å². The Balaban J connectivity index is 4.25. The van der Waals surface area contributed by atoms with Crippen molar-refractivity contribution in [3.63, 3.8) is 0 Å². The van der Waals surface area contributed by atoms with Crippen molar-refractivity contribution >= 4 is 17.9 Å². The van der Waals surface area contributed by atoms with Crippen LogP contribution in [0.3, 0.4) is 0 Å². The number of unbranched alkanes of at least 4 members (excludes halogenated alkanes) is 22. The lowest BCUT2D eigenvalue weighted by Crippen LogP contribution is -2.30. The van der Waals surface area contributed by atoms with Crippen LogP contribution in [0.4, 0.5) is 0 Å². The highest BCUT2D eigenvalue weighted by molar-refractivity contribution is 5.71. The van der Waals surface area contributed by atoms with E-state index in [1.807, 2.05) is 0 Å². The van der Waals surface area contributed by atoms with Gasteiger partial charge < -0.3 is 14.2 Å². The van der Waals surface area contributed by atoms with Crippen LogP contribution in [0, 0.1) is 0 Å². The van der Waals surface area contributed by atoms with E-state index in [0.717, 1.165) is 135 Å². The molecule has 0 aliphatic heterocycles. The number of allylic oxidation sites excluding steroid dienone is 20. The zero-order valence-corrected chi connectivity index (χ0v) is 47.4. The van der Waals surface area contributed by atoms with Gasteiger partial charge in [-0.25, -0.2) is 0 Å². The van der Waals surface area contributed by atoms with Crippen LogP contribution in [-0.4, -0.2) is 37.2 Å². The van der Waals surface area contributed by atoms with Gasteiger partial charge in [-0.1, -0.05) is 258 Å². The molecule has 0 aromatic rings. The van der Waals surface area contributed by atoms with Gasteiger partial charge in [-0.2, -0.15) is 0 Å². The molecule has 0 bridgehead atoms. The minimum Gasteiger partial charge on any atom is -0.462 e. The molecule has 0 aromatic heterocycles. The van der Waals surface area contributed by atoms with Gasteiger partial charge >= 0.3 is 17.9 Å². The van der Waals surface area contributed by atoms with E-state index in [1.165, 1.54) is 89.9 Å². The Morgan fingerprint density at radius 1 is 0.288 bits per heavy atom. The summed E-state index contributed by atoms with van der Waals surface area (Å²) in [7, 11) is 0. The molecule has 0 heterocycles. The second-order valence-electron chi connectivity index (χ2n) is 19.5. The van der Waals surface area contributed by atoms with Crippen LogP contribution in [0.5, 0.6) is 0 Å². The molecule has 6 heteroatoms. The average molecular weight is 1010 g/mol. The van der Waals surface area contributed by atoms with Crippen molar-refractivity contribution in [2.45, 2.75) is 271 Å².